The molecule has 5 nitrogen and oxygen atoms in total. The molecule has 0 aliphatic rings. The first-order chi connectivity index (χ1) is 12.6. The third-order valence-corrected chi connectivity index (χ3v) is 4.19. The van der Waals surface area contributed by atoms with Gasteiger partial charge < -0.3 is 9.72 Å². The summed E-state index contributed by atoms with van der Waals surface area (Å²) in [5.41, 5.74) is 2.51. The van der Waals surface area contributed by atoms with Gasteiger partial charge in [0.25, 0.3) is 0 Å². The van der Waals surface area contributed by atoms with Crippen LogP contribution in [0.4, 0.5) is 8.78 Å². The molecule has 4 aromatic rings. The van der Waals surface area contributed by atoms with Crippen LogP contribution >= 0.6 is 0 Å². The molecular formula is C19H14F2N4O. The van der Waals surface area contributed by atoms with E-state index in [-0.39, 0.29) is 17.2 Å². The van der Waals surface area contributed by atoms with Gasteiger partial charge in [-0.2, -0.15) is 4.39 Å². The number of H-pyrrole nitrogens is 1. The predicted molar refractivity (Wildman–Crippen MR) is 93.0 cm³/mol. The highest BCUT2D eigenvalue weighted by atomic mass is 19.2. The number of aromatic nitrogens is 4. The summed E-state index contributed by atoms with van der Waals surface area (Å²) < 4.78 is 34.9. The molecule has 0 amide bonds. The number of fused-ring (bicyclic) bond motifs is 1. The largest absolute Gasteiger partial charge is 0.435 e. The number of rotatable bonds is 3. The zero-order chi connectivity index (χ0) is 18.3. The van der Waals surface area contributed by atoms with Crippen molar-refractivity contribution >= 4 is 10.9 Å². The topological polar surface area (TPSA) is 63.7 Å². The fourth-order valence-corrected chi connectivity index (χ4v) is 2.93. The lowest BCUT2D eigenvalue weighted by molar-refractivity contribution is 0.410. The highest BCUT2D eigenvalue weighted by Gasteiger charge is 2.20. The van der Waals surface area contributed by atoms with Gasteiger partial charge in [-0.05, 0) is 38.1 Å². The summed E-state index contributed by atoms with van der Waals surface area (Å²) in [6, 6.07) is 6.37. The van der Waals surface area contributed by atoms with Crippen LogP contribution in [0.2, 0.25) is 0 Å². The van der Waals surface area contributed by atoms with Gasteiger partial charge in [0.15, 0.2) is 11.6 Å². The van der Waals surface area contributed by atoms with E-state index in [1.807, 2.05) is 0 Å². The summed E-state index contributed by atoms with van der Waals surface area (Å²) in [5.74, 6) is -2.13. The van der Waals surface area contributed by atoms with Gasteiger partial charge in [-0.3, -0.25) is 0 Å². The highest BCUT2D eigenvalue weighted by molar-refractivity contribution is 5.84. The van der Waals surface area contributed by atoms with E-state index in [2.05, 4.69) is 19.9 Å². The molecule has 0 saturated heterocycles. The van der Waals surface area contributed by atoms with Crippen LogP contribution in [-0.2, 0) is 0 Å². The monoisotopic (exact) mass is 352 g/mol. The minimum atomic E-state index is -1.08. The van der Waals surface area contributed by atoms with Crippen molar-refractivity contribution in [1.29, 1.82) is 0 Å². The number of nitrogens with one attached hydrogen (secondary N) is 1. The molecule has 0 unspecified atom stereocenters. The third kappa shape index (κ3) is 2.57. The van der Waals surface area contributed by atoms with Crippen LogP contribution in [-0.4, -0.2) is 19.9 Å². The van der Waals surface area contributed by atoms with Gasteiger partial charge in [0.05, 0.1) is 10.9 Å². The second-order valence-electron chi connectivity index (χ2n) is 5.82. The third-order valence-electron chi connectivity index (χ3n) is 4.19. The molecule has 0 bridgehead atoms. The predicted octanol–water partition coefficient (Wildman–Crippen LogP) is 4.71. The molecule has 0 radical (unpaired) electrons. The lowest BCUT2D eigenvalue weighted by Gasteiger charge is -2.12. The summed E-state index contributed by atoms with van der Waals surface area (Å²) in [6.45, 7) is 3.45. The molecule has 3 heterocycles. The van der Waals surface area contributed by atoms with Gasteiger partial charge in [0.1, 0.15) is 6.33 Å². The number of aryl methyl sites for hydroxylation is 2. The van der Waals surface area contributed by atoms with Crippen molar-refractivity contribution in [3.05, 3.63) is 66.0 Å². The van der Waals surface area contributed by atoms with Gasteiger partial charge in [0, 0.05) is 34.9 Å². The molecule has 1 aromatic carbocycles. The Balaban J connectivity index is 1.79. The maximum atomic E-state index is 14.7. The number of halogens is 2. The molecule has 0 saturated carbocycles. The standard InChI is InChI=1S/C19H14F2N4O/c1-10-16(11(2)25-9-24-10)13-3-4-15(18(21)17(13)20)26-19-12-5-7-22-14(12)6-8-23-19/h3-9,22H,1-2H3. The van der Waals surface area contributed by atoms with Gasteiger partial charge in [-0.1, -0.05) is 0 Å². The zero-order valence-electron chi connectivity index (χ0n) is 14.0. The summed E-state index contributed by atoms with van der Waals surface area (Å²) in [5, 5.41) is 0.680. The van der Waals surface area contributed by atoms with E-state index in [0.29, 0.717) is 22.3 Å². The Bertz CT molecular complexity index is 1100. The second-order valence-corrected chi connectivity index (χ2v) is 5.82. The van der Waals surface area contributed by atoms with E-state index in [1.165, 1.54) is 24.7 Å². The Hall–Kier alpha value is -3.35. The van der Waals surface area contributed by atoms with Crippen LogP contribution in [0.15, 0.2) is 43.0 Å². The van der Waals surface area contributed by atoms with E-state index in [9.17, 15) is 8.78 Å². The van der Waals surface area contributed by atoms with E-state index >= 15 is 0 Å². The fourth-order valence-electron chi connectivity index (χ4n) is 2.93. The number of aromatic amines is 1. The van der Waals surface area contributed by atoms with Crippen LogP contribution in [0, 0.1) is 25.5 Å². The average molecular weight is 352 g/mol. The quantitative estimate of drug-likeness (QED) is 0.580. The summed E-state index contributed by atoms with van der Waals surface area (Å²) in [6.07, 6.45) is 4.65. The van der Waals surface area contributed by atoms with Crippen molar-refractivity contribution in [2.45, 2.75) is 13.8 Å². The second kappa shape index (κ2) is 6.18. The minimum Gasteiger partial charge on any atom is -0.435 e. The van der Waals surface area contributed by atoms with Crippen molar-refractivity contribution in [2.75, 3.05) is 0 Å². The summed E-state index contributed by atoms with van der Waals surface area (Å²) in [4.78, 5) is 15.2. The van der Waals surface area contributed by atoms with Crippen molar-refractivity contribution in [1.82, 2.24) is 19.9 Å². The first-order valence-corrected chi connectivity index (χ1v) is 7.93. The van der Waals surface area contributed by atoms with Crippen LogP contribution < -0.4 is 4.74 Å². The van der Waals surface area contributed by atoms with E-state index in [4.69, 9.17) is 4.74 Å². The molecule has 7 heteroatoms. The average Bonchev–Trinajstić information content (AvgIpc) is 3.10. The highest BCUT2D eigenvalue weighted by Crippen LogP contribution is 2.35. The molecule has 0 fully saturated rings. The van der Waals surface area contributed by atoms with Crippen LogP contribution in [0.5, 0.6) is 11.6 Å². The van der Waals surface area contributed by atoms with Crippen LogP contribution in [0.25, 0.3) is 22.0 Å². The van der Waals surface area contributed by atoms with E-state index in [1.54, 1.807) is 32.2 Å². The first kappa shape index (κ1) is 16.1. The van der Waals surface area contributed by atoms with Crippen molar-refractivity contribution < 1.29 is 13.5 Å². The molecule has 0 aliphatic heterocycles. The van der Waals surface area contributed by atoms with E-state index in [0.717, 1.165) is 5.52 Å². The van der Waals surface area contributed by atoms with Crippen molar-refractivity contribution in [3.63, 3.8) is 0 Å². The number of benzene rings is 1. The smallest absolute Gasteiger partial charge is 0.228 e. The number of nitrogens with zero attached hydrogens (tertiary/aromatic N) is 3. The Morgan fingerprint density at radius 2 is 1.69 bits per heavy atom. The van der Waals surface area contributed by atoms with Crippen molar-refractivity contribution in [3.8, 4) is 22.8 Å². The molecule has 1 N–H and O–H groups in total. The summed E-state index contributed by atoms with van der Waals surface area (Å²) in [7, 11) is 0. The van der Waals surface area contributed by atoms with Crippen LogP contribution in [0.1, 0.15) is 11.4 Å². The molecule has 130 valence electrons. The Kier molecular flexibility index (Phi) is 3.84. The first-order valence-electron chi connectivity index (χ1n) is 7.93. The van der Waals surface area contributed by atoms with Crippen molar-refractivity contribution in [2.24, 2.45) is 0 Å². The van der Waals surface area contributed by atoms with Gasteiger partial charge >= 0.3 is 0 Å². The fraction of sp³-hybridized carbons (Fsp3) is 0.105. The lowest BCUT2D eigenvalue weighted by Crippen LogP contribution is -2.00. The Labute approximate surface area is 147 Å². The molecule has 4 rings (SSSR count). The SMILES string of the molecule is Cc1ncnc(C)c1-c1ccc(Oc2nccc3[nH]ccc23)c(F)c1F. The number of pyridine rings is 1. The molecule has 0 aliphatic carbocycles. The molecular weight excluding hydrogens is 338 g/mol. The molecule has 26 heavy (non-hydrogen) atoms. The molecule has 3 aromatic heterocycles. The van der Waals surface area contributed by atoms with Gasteiger partial charge in [-0.25, -0.2) is 19.3 Å². The number of hydrogen-bond acceptors (Lipinski definition) is 4. The number of ether oxygens (including phenoxy) is 1. The number of hydrogen-bond donors (Lipinski definition) is 1. The Morgan fingerprint density at radius 3 is 2.46 bits per heavy atom. The normalized spacial score (nSPS) is 11.1. The maximum Gasteiger partial charge on any atom is 0.228 e. The maximum absolute atomic E-state index is 14.7. The molecule has 0 atom stereocenters. The van der Waals surface area contributed by atoms with E-state index < -0.39 is 11.6 Å². The lowest BCUT2D eigenvalue weighted by atomic mass is 10.0. The Morgan fingerprint density at radius 1 is 0.923 bits per heavy atom. The zero-order valence-corrected chi connectivity index (χ0v) is 14.0. The van der Waals surface area contributed by atoms with Gasteiger partial charge in [0.2, 0.25) is 11.7 Å². The minimum absolute atomic E-state index is 0.0956. The van der Waals surface area contributed by atoms with Crippen LogP contribution in [0.3, 0.4) is 0 Å². The summed E-state index contributed by atoms with van der Waals surface area (Å²) >= 11 is 0. The molecule has 0 spiro atoms. The van der Waals surface area contributed by atoms with Gasteiger partial charge in [-0.15, -0.1) is 0 Å².